The first-order valence-corrected chi connectivity index (χ1v) is 13.0. The first-order chi connectivity index (χ1) is 16.7. The van der Waals surface area contributed by atoms with Gasteiger partial charge in [0.25, 0.3) is 5.91 Å². The van der Waals surface area contributed by atoms with Crippen LogP contribution in [0, 0.1) is 4.78 Å². The summed E-state index contributed by atoms with van der Waals surface area (Å²) in [6.45, 7) is 0.111. The molecule has 12 heteroatoms. The average molecular weight is 527 g/mol. The van der Waals surface area contributed by atoms with Crippen LogP contribution in [0.2, 0.25) is 0 Å². The molecule has 1 unspecified atom stereocenters. The molecular weight excluding hydrogens is 503 g/mol. The maximum absolute atomic E-state index is 14.0. The van der Waals surface area contributed by atoms with Crippen molar-refractivity contribution >= 4 is 38.0 Å². The molecule has 6 nitrogen and oxygen atoms in total. The number of pyridine rings is 1. The van der Waals surface area contributed by atoms with E-state index < -0.39 is 39.7 Å². The fourth-order valence-electron chi connectivity index (χ4n) is 4.04. The van der Waals surface area contributed by atoms with Gasteiger partial charge in [-0.1, -0.05) is 6.07 Å². The van der Waals surface area contributed by atoms with Crippen molar-refractivity contribution in [3.63, 3.8) is 0 Å². The van der Waals surface area contributed by atoms with Gasteiger partial charge >= 0.3 is 6.18 Å². The predicted molar refractivity (Wildman–Crippen MR) is 127 cm³/mol. The van der Waals surface area contributed by atoms with Crippen LogP contribution in [-0.2, 0) is 15.9 Å². The van der Waals surface area contributed by atoms with Gasteiger partial charge in [-0.05, 0) is 48.9 Å². The Morgan fingerprint density at radius 3 is 2.56 bits per heavy atom. The summed E-state index contributed by atoms with van der Waals surface area (Å²) in [6.07, 6.45) is -3.99. The first-order valence-electron chi connectivity index (χ1n) is 11.0. The Bertz CT molecular complexity index is 1420. The van der Waals surface area contributed by atoms with Crippen molar-refractivity contribution in [1.29, 1.82) is 4.78 Å². The van der Waals surface area contributed by atoms with Gasteiger partial charge in [0.2, 0.25) is 5.92 Å². The van der Waals surface area contributed by atoms with Gasteiger partial charge in [0.1, 0.15) is 5.82 Å². The summed E-state index contributed by atoms with van der Waals surface area (Å²) < 4.78 is 87.6. The molecule has 2 N–H and O–H groups in total. The second kappa shape index (κ2) is 9.30. The van der Waals surface area contributed by atoms with Gasteiger partial charge in [-0.2, -0.15) is 13.2 Å². The summed E-state index contributed by atoms with van der Waals surface area (Å²) in [5, 5.41) is 2.67. The lowest BCUT2D eigenvalue weighted by atomic mass is 10.1. The molecule has 0 spiro atoms. The number of carbonyl (C=O) groups is 1. The minimum atomic E-state index is -4.60. The highest BCUT2D eigenvalue weighted by molar-refractivity contribution is 7.91. The summed E-state index contributed by atoms with van der Waals surface area (Å²) in [4.78, 5) is 19.4. The van der Waals surface area contributed by atoms with Crippen molar-refractivity contribution < 1.29 is 31.0 Å². The summed E-state index contributed by atoms with van der Waals surface area (Å²) >= 11 is 0. The Morgan fingerprint density at radius 1 is 1.11 bits per heavy atom. The number of rotatable bonds is 4. The normalized spacial score (nSPS) is 17.9. The number of hydrogen-bond acceptors (Lipinski definition) is 5. The third-order valence-electron chi connectivity index (χ3n) is 5.93. The monoisotopic (exact) mass is 526 g/mol. The van der Waals surface area contributed by atoms with Gasteiger partial charge in [-0.25, -0.2) is 22.8 Å². The number of fused-ring (bicyclic) bond motifs is 1. The van der Waals surface area contributed by atoms with E-state index in [1.54, 1.807) is 4.90 Å². The van der Waals surface area contributed by atoms with Crippen LogP contribution in [0.1, 0.15) is 35.2 Å². The van der Waals surface area contributed by atoms with Crippen molar-refractivity contribution in [1.82, 2.24) is 4.98 Å². The lowest BCUT2D eigenvalue weighted by molar-refractivity contribution is -0.137. The lowest BCUT2D eigenvalue weighted by Gasteiger charge is -2.24. The third kappa shape index (κ3) is 5.75. The van der Waals surface area contributed by atoms with E-state index >= 15 is 0 Å². The maximum atomic E-state index is 14.0. The molecule has 0 bridgehead atoms. The highest BCUT2D eigenvalue weighted by atomic mass is 32.2. The predicted octanol–water partition coefficient (Wildman–Crippen LogP) is 6.17. The highest BCUT2D eigenvalue weighted by Crippen LogP contribution is 2.35. The number of nitrogens with zero attached hydrogens (tertiary/aromatic N) is 2. The molecule has 0 radical (unpaired) electrons. The molecule has 1 aromatic heterocycles. The van der Waals surface area contributed by atoms with Crippen LogP contribution < -0.4 is 10.2 Å². The highest BCUT2D eigenvalue weighted by Gasteiger charge is 2.34. The minimum absolute atomic E-state index is 0.0652. The average Bonchev–Trinajstić information content (AvgIpc) is 2.97. The molecule has 2 aromatic carbocycles. The van der Waals surface area contributed by atoms with Gasteiger partial charge < -0.3 is 10.2 Å². The number of carbonyl (C=O) groups excluding carboxylic acids is 1. The fraction of sp³-hybridized carbons (Fsp3) is 0.333. The smallest absolute Gasteiger partial charge is 0.356 e. The van der Waals surface area contributed by atoms with E-state index in [-0.39, 0.29) is 58.8 Å². The molecule has 1 saturated heterocycles. The first kappa shape index (κ1) is 25.8. The van der Waals surface area contributed by atoms with Crippen LogP contribution >= 0.6 is 0 Å². The van der Waals surface area contributed by atoms with Crippen LogP contribution in [0.15, 0.2) is 53.4 Å². The van der Waals surface area contributed by atoms with E-state index in [2.05, 4.69) is 10.3 Å². The molecular formula is C24H23F5N4O2S. The van der Waals surface area contributed by atoms with Crippen LogP contribution in [0.4, 0.5) is 33.5 Å². The summed E-state index contributed by atoms with van der Waals surface area (Å²) in [6, 6.07) is 10.1. The molecule has 3 aromatic rings. The van der Waals surface area contributed by atoms with Crippen LogP contribution in [0.5, 0.6) is 0 Å². The summed E-state index contributed by atoms with van der Waals surface area (Å²) in [5.74, 6) is -3.49. The Hall–Kier alpha value is -3.28. The van der Waals surface area contributed by atoms with E-state index in [0.29, 0.717) is 0 Å². The Labute approximate surface area is 204 Å². The van der Waals surface area contributed by atoms with E-state index in [1.165, 1.54) is 42.7 Å². The molecule has 192 valence electrons. The number of amides is 1. The molecule has 1 atom stereocenters. The largest absolute Gasteiger partial charge is 0.416 e. The van der Waals surface area contributed by atoms with Gasteiger partial charge in [0.15, 0.2) is 0 Å². The van der Waals surface area contributed by atoms with E-state index in [0.717, 1.165) is 12.1 Å². The molecule has 1 aliphatic rings. The number of halogens is 5. The summed E-state index contributed by atoms with van der Waals surface area (Å²) in [5.41, 5.74) is -0.587. The number of aromatic nitrogens is 1. The topological polar surface area (TPSA) is 86.2 Å². The van der Waals surface area contributed by atoms with Crippen LogP contribution in [0.3, 0.4) is 0 Å². The van der Waals surface area contributed by atoms with Crippen molar-refractivity contribution in [3.05, 3.63) is 59.7 Å². The SMILES string of the molecule is CS(=N)(=O)c1cccc(NC(=O)c2cc3cc(C(F)(F)F)ccc3nc2N2CCCC(F)(F)CC2)c1. The maximum Gasteiger partial charge on any atom is 0.416 e. The van der Waals surface area contributed by atoms with Crippen LogP contribution in [-0.4, -0.2) is 40.4 Å². The Balaban J connectivity index is 1.79. The number of benzene rings is 2. The van der Waals surface area contributed by atoms with Crippen LogP contribution in [0.25, 0.3) is 10.9 Å². The van der Waals surface area contributed by atoms with Gasteiger partial charge in [-0.15, -0.1) is 0 Å². The van der Waals surface area contributed by atoms with E-state index in [4.69, 9.17) is 4.78 Å². The molecule has 1 aliphatic heterocycles. The second-order valence-corrected chi connectivity index (χ2v) is 10.9. The molecule has 4 rings (SSSR count). The van der Waals surface area contributed by atoms with Gasteiger partial charge in [0, 0.05) is 48.2 Å². The fourth-order valence-corrected chi connectivity index (χ4v) is 4.73. The number of nitrogens with one attached hydrogen (secondary N) is 2. The zero-order valence-corrected chi connectivity index (χ0v) is 20.0. The molecule has 2 heterocycles. The van der Waals surface area contributed by atoms with Crippen molar-refractivity contribution in [3.8, 4) is 0 Å². The van der Waals surface area contributed by atoms with Gasteiger partial charge in [0.05, 0.1) is 26.4 Å². The zero-order chi connectivity index (χ0) is 26.3. The second-order valence-electron chi connectivity index (χ2n) is 8.79. The van der Waals surface area contributed by atoms with E-state index in [1.807, 2.05) is 0 Å². The van der Waals surface area contributed by atoms with Crippen molar-refractivity contribution in [2.75, 3.05) is 29.6 Å². The van der Waals surface area contributed by atoms with E-state index in [9.17, 15) is 31.0 Å². The quantitative estimate of drug-likeness (QED) is 0.399. The standard InChI is InChI=1S/C24H23F5N4O2S/c1-36(30,35)18-5-2-4-17(14-18)31-22(34)19-13-15-12-16(24(27,28)29)6-7-20(15)32-21(19)33-10-3-8-23(25,26)9-11-33/h2,4-7,12-14,30H,3,8-11H2,1H3,(H,31,34). The zero-order valence-electron chi connectivity index (χ0n) is 19.2. The molecule has 0 aliphatic carbocycles. The molecule has 36 heavy (non-hydrogen) atoms. The number of anilines is 2. The third-order valence-corrected chi connectivity index (χ3v) is 7.08. The number of hydrogen-bond donors (Lipinski definition) is 2. The molecule has 0 saturated carbocycles. The van der Waals surface area contributed by atoms with Gasteiger partial charge in [-0.3, -0.25) is 4.79 Å². The number of alkyl halides is 5. The molecule has 1 amide bonds. The Kier molecular flexibility index (Phi) is 6.67. The van der Waals surface area contributed by atoms with Crippen molar-refractivity contribution in [2.24, 2.45) is 0 Å². The van der Waals surface area contributed by atoms with Crippen molar-refractivity contribution in [2.45, 2.75) is 36.3 Å². The minimum Gasteiger partial charge on any atom is -0.356 e. The molecule has 1 fully saturated rings. The Morgan fingerprint density at radius 2 is 1.86 bits per heavy atom. The lowest BCUT2D eigenvalue weighted by Crippen LogP contribution is -2.29. The summed E-state index contributed by atoms with van der Waals surface area (Å²) in [7, 11) is -3.06.